The van der Waals surface area contributed by atoms with Crippen molar-refractivity contribution in [3.63, 3.8) is 0 Å². The molecule has 1 amide bonds. The number of carbonyl (C=O) groups excluding carboxylic acids is 1. The molecule has 5 heteroatoms. The van der Waals surface area contributed by atoms with Gasteiger partial charge in [-0.1, -0.05) is 24.3 Å². The normalized spacial score (nSPS) is 10.4. The predicted octanol–water partition coefficient (Wildman–Crippen LogP) is 2.46. The maximum absolute atomic E-state index is 12.1. The summed E-state index contributed by atoms with van der Waals surface area (Å²) in [5.41, 5.74) is 6.01. The Morgan fingerprint density at radius 1 is 1.05 bits per heavy atom. The zero-order chi connectivity index (χ0) is 13.9. The summed E-state index contributed by atoms with van der Waals surface area (Å²) in [6.07, 6.45) is 3.26. The fourth-order valence-corrected chi connectivity index (χ4v) is 1.95. The van der Waals surface area contributed by atoms with Gasteiger partial charge in [-0.3, -0.25) is 4.79 Å². The molecule has 0 aliphatic rings. The van der Waals surface area contributed by atoms with Gasteiger partial charge in [0.2, 0.25) is 0 Å². The van der Waals surface area contributed by atoms with Crippen molar-refractivity contribution in [2.75, 3.05) is 11.1 Å². The molecule has 0 saturated carbocycles. The molecule has 0 aliphatic heterocycles. The number of rotatable bonds is 2. The van der Waals surface area contributed by atoms with Gasteiger partial charge in [-0.25, -0.2) is 9.97 Å². The molecule has 0 saturated heterocycles. The van der Waals surface area contributed by atoms with E-state index in [2.05, 4.69) is 15.3 Å². The Bertz CT molecular complexity index is 785. The SMILES string of the molecule is Nc1ncccc1C(=O)Nc1cc2ccccc2cn1. The van der Waals surface area contributed by atoms with Gasteiger partial charge in [-0.05, 0) is 23.6 Å². The van der Waals surface area contributed by atoms with Crippen LogP contribution in [0.25, 0.3) is 10.8 Å². The lowest BCUT2D eigenvalue weighted by atomic mass is 10.2. The number of amides is 1. The predicted molar refractivity (Wildman–Crippen MR) is 78.3 cm³/mol. The minimum atomic E-state index is -0.321. The summed E-state index contributed by atoms with van der Waals surface area (Å²) in [6, 6.07) is 12.9. The zero-order valence-electron chi connectivity index (χ0n) is 10.6. The highest BCUT2D eigenvalue weighted by molar-refractivity contribution is 6.07. The molecule has 20 heavy (non-hydrogen) atoms. The minimum absolute atomic E-state index is 0.200. The van der Waals surface area contributed by atoms with Gasteiger partial charge in [0.1, 0.15) is 11.6 Å². The number of fused-ring (bicyclic) bond motifs is 1. The maximum Gasteiger partial charge on any atom is 0.260 e. The molecule has 3 rings (SSSR count). The summed E-state index contributed by atoms with van der Waals surface area (Å²) in [7, 11) is 0. The number of aromatic nitrogens is 2. The van der Waals surface area contributed by atoms with Gasteiger partial charge in [0.15, 0.2) is 0 Å². The van der Waals surface area contributed by atoms with Gasteiger partial charge in [0.25, 0.3) is 5.91 Å². The number of pyridine rings is 2. The molecule has 0 aliphatic carbocycles. The van der Waals surface area contributed by atoms with Crippen molar-refractivity contribution in [2.24, 2.45) is 0 Å². The highest BCUT2D eigenvalue weighted by atomic mass is 16.1. The van der Waals surface area contributed by atoms with Crippen LogP contribution in [0.4, 0.5) is 11.6 Å². The molecule has 0 spiro atoms. The monoisotopic (exact) mass is 264 g/mol. The van der Waals surface area contributed by atoms with E-state index in [1.54, 1.807) is 24.5 Å². The molecule has 2 aromatic heterocycles. The zero-order valence-corrected chi connectivity index (χ0v) is 10.6. The first-order valence-corrected chi connectivity index (χ1v) is 6.11. The van der Waals surface area contributed by atoms with Crippen molar-refractivity contribution in [1.29, 1.82) is 0 Å². The lowest BCUT2D eigenvalue weighted by molar-refractivity contribution is 0.102. The maximum atomic E-state index is 12.1. The third kappa shape index (κ3) is 2.29. The molecule has 98 valence electrons. The van der Waals surface area contributed by atoms with Crippen LogP contribution in [0.2, 0.25) is 0 Å². The second-order valence-corrected chi connectivity index (χ2v) is 4.31. The van der Waals surface area contributed by atoms with E-state index < -0.39 is 0 Å². The van der Waals surface area contributed by atoms with Crippen LogP contribution in [0.15, 0.2) is 54.9 Å². The fourth-order valence-electron chi connectivity index (χ4n) is 1.95. The van der Waals surface area contributed by atoms with Crippen LogP contribution in [0.1, 0.15) is 10.4 Å². The lowest BCUT2D eigenvalue weighted by Crippen LogP contribution is -2.15. The largest absolute Gasteiger partial charge is 0.383 e. The molecule has 0 fully saturated rings. The van der Waals surface area contributed by atoms with Crippen LogP contribution in [-0.4, -0.2) is 15.9 Å². The van der Waals surface area contributed by atoms with Crippen LogP contribution < -0.4 is 11.1 Å². The van der Waals surface area contributed by atoms with E-state index in [9.17, 15) is 4.79 Å². The molecule has 3 N–H and O–H groups in total. The Kier molecular flexibility index (Phi) is 3.01. The molecule has 0 bridgehead atoms. The standard InChI is InChI=1S/C15H12N4O/c16-14-12(6-3-7-17-14)15(20)19-13-8-10-4-1-2-5-11(10)9-18-13/h1-9H,(H2,16,17)(H,18,19,20). The molecular weight excluding hydrogens is 252 g/mol. The molecule has 2 heterocycles. The number of nitrogens with zero attached hydrogens (tertiary/aromatic N) is 2. The molecule has 0 radical (unpaired) electrons. The summed E-state index contributed by atoms with van der Waals surface area (Å²) in [6.45, 7) is 0. The summed E-state index contributed by atoms with van der Waals surface area (Å²) in [4.78, 5) is 20.2. The Morgan fingerprint density at radius 2 is 1.85 bits per heavy atom. The van der Waals surface area contributed by atoms with Crippen molar-refractivity contribution in [1.82, 2.24) is 9.97 Å². The number of nitrogen functional groups attached to an aromatic ring is 1. The average molecular weight is 264 g/mol. The van der Waals surface area contributed by atoms with Crippen LogP contribution in [-0.2, 0) is 0 Å². The first-order chi connectivity index (χ1) is 9.74. The first-order valence-electron chi connectivity index (χ1n) is 6.11. The third-order valence-corrected chi connectivity index (χ3v) is 2.96. The Hall–Kier alpha value is -2.95. The van der Waals surface area contributed by atoms with Gasteiger partial charge >= 0.3 is 0 Å². The minimum Gasteiger partial charge on any atom is -0.383 e. The summed E-state index contributed by atoms with van der Waals surface area (Å²) >= 11 is 0. The highest BCUT2D eigenvalue weighted by Crippen LogP contribution is 2.17. The molecule has 3 aromatic rings. The van der Waals surface area contributed by atoms with E-state index in [4.69, 9.17) is 5.73 Å². The van der Waals surface area contributed by atoms with Gasteiger partial charge < -0.3 is 11.1 Å². The highest BCUT2D eigenvalue weighted by Gasteiger charge is 2.10. The average Bonchev–Trinajstić information content (AvgIpc) is 2.47. The van der Waals surface area contributed by atoms with E-state index in [1.165, 1.54) is 0 Å². The summed E-state index contributed by atoms with van der Waals surface area (Å²) in [5.74, 6) is 0.362. The summed E-state index contributed by atoms with van der Waals surface area (Å²) < 4.78 is 0. The van der Waals surface area contributed by atoms with E-state index >= 15 is 0 Å². The van der Waals surface area contributed by atoms with Crippen LogP contribution >= 0.6 is 0 Å². The van der Waals surface area contributed by atoms with Crippen LogP contribution in [0, 0.1) is 0 Å². The van der Waals surface area contributed by atoms with Crippen LogP contribution in [0.3, 0.4) is 0 Å². The van der Waals surface area contributed by atoms with Crippen molar-refractivity contribution >= 4 is 28.3 Å². The molecule has 0 unspecified atom stereocenters. The van der Waals surface area contributed by atoms with E-state index in [1.807, 2.05) is 30.3 Å². The van der Waals surface area contributed by atoms with Crippen LogP contribution in [0.5, 0.6) is 0 Å². The molecule has 1 aromatic carbocycles. The second-order valence-electron chi connectivity index (χ2n) is 4.31. The van der Waals surface area contributed by atoms with Crippen molar-refractivity contribution in [3.8, 4) is 0 Å². The number of hydrogen-bond donors (Lipinski definition) is 2. The number of nitrogens with one attached hydrogen (secondary N) is 1. The van der Waals surface area contributed by atoms with Gasteiger partial charge in [0, 0.05) is 17.8 Å². The third-order valence-electron chi connectivity index (χ3n) is 2.96. The number of nitrogens with two attached hydrogens (primary N) is 1. The number of hydrogen-bond acceptors (Lipinski definition) is 4. The summed E-state index contributed by atoms with van der Waals surface area (Å²) in [5, 5.41) is 4.75. The van der Waals surface area contributed by atoms with Crippen molar-refractivity contribution < 1.29 is 4.79 Å². The molecule has 5 nitrogen and oxygen atoms in total. The topological polar surface area (TPSA) is 80.9 Å². The van der Waals surface area contributed by atoms with Crippen molar-refractivity contribution in [3.05, 3.63) is 60.4 Å². The lowest BCUT2D eigenvalue weighted by Gasteiger charge is -2.06. The number of benzene rings is 1. The quantitative estimate of drug-likeness (QED) is 0.745. The van der Waals surface area contributed by atoms with Gasteiger partial charge in [-0.2, -0.15) is 0 Å². The van der Waals surface area contributed by atoms with Gasteiger partial charge in [-0.15, -0.1) is 0 Å². The Labute approximate surface area is 115 Å². The molecular formula is C15H12N4O. The molecule has 0 atom stereocenters. The van der Waals surface area contributed by atoms with E-state index in [0.29, 0.717) is 11.4 Å². The van der Waals surface area contributed by atoms with Gasteiger partial charge in [0.05, 0.1) is 5.56 Å². The smallest absolute Gasteiger partial charge is 0.260 e. The number of anilines is 2. The first kappa shape index (κ1) is 12.1. The van der Waals surface area contributed by atoms with Crippen molar-refractivity contribution in [2.45, 2.75) is 0 Å². The Balaban J connectivity index is 1.89. The Morgan fingerprint density at radius 3 is 2.65 bits per heavy atom. The van der Waals surface area contributed by atoms with E-state index in [0.717, 1.165) is 10.8 Å². The number of carbonyl (C=O) groups is 1. The second kappa shape index (κ2) is 4.97. The van der Waals surface area contributed by atoms with E-state index in [-0.39, 0.29) is 11.7 Å². The fraction of sp³-hybridized carbons (Fsp3) is 0.